The van der Waals surface area contributed by atoms with Crippen LogP contribution >= 0.6 is 0 Å². The van der Waals surface area contributed by atoms with Crippen molar-refractivity contribution in [1.82, 2.24) is 14.9 Å². The number of ketones is 1. The van der Waals surface area contributed by atoms with Gasteiger partial charge in [0.15, 0.2) is 5.78 Å². The summed E-state index contributed by atoms with van der Waals surface area (Å²) >= 11 is 0. The van der Waals surface area contributed by atoms with Gasteiger partial charge in [0, 0.05) is 24.2 Å². The highest BCUT2D eigenvalue weighted by molar-refractivity contribution is 7.89. The number of carbonyl (C=O) groups excluding carboxylic acids is 2. The van der Waals surface area contributed by atoms with Gasteiger partial charge in [0.2, 0.25) is 10.0 Å². The molecule has 3 aromatic carbocycles. The molecular weight excluding hydrogens is 469 g/mol. The van der Waals surface area contributed by atoms with Crippen molar-refractivity contribution in [3.63, 3.8) is 0 Å². The van der Waals surface area contributed by atoms with E-state index in [-0.39, 0.29) is 35.0 Å². The van der Waals surface area contributed by atoms with Gasteiger partial charge in [-0.2, -0.15) is 0 Å². The number of carbonyl (C=O) groups is 2. The van der Waals surface area contributed by atoms with Crippen molar-refractivity contribution in [3.05, 3.63) is 101 Å². The van der Waals surface area contributed by atoms with E-state index >= 15 is 0 Å². The molecule has 0 aliphatic rings. The molecule has 0 fully saturated rings. The second kappa shape index (κ2) is 11.4. The van der Waals surface area contributed by atoms with Crippen molar-refractivity contribution in [1.29, 1.82) is 0 Å². The monoisotopic (exact) mass is 497 g/mol. The Morgan fingerprint density at radius 2 is 1.57 bits per heavy atom. The van der Waals surface area contributed by atoms with Crippen LogP contribution in [0.4, 0.5) is 4.39 Å². The van der Waals surface area contributed by atoms with Gasteiger partial charge >= 0.3 is 0 Å². The number of hydrogen-bond donors (Lipinski definition) is 2. The van der Waals surface area contributed by atoms with Crippen molar-refractivity contribution in [2.75, 3.05) is 20.6 Å². The lowest BCUT2D eigenvalue weighted by Gasteiger charge is -2.25. The highest BCUT2D eigenvalue weighted by Crippen LogP contribution is 2.18. The van der Waals surface area contributed by atoms with Crippen molar-refractivity contribution < 1.29 is 22.4 Å². The minimum atomic E-state index is -3.76. The summed E-state index contributed by atoms with van der Waals surface area (Å²) in [7, 11) is -0.0423. The van der Waals surface area contributed by atoms with E-state index in [0.29, 0.717) is 23.2 Å². The molecule has 3 aromatic rings. The fourth-order valence-electron chi connectivity index (χ4n) is 3.51. The van der Waals surface area contributed by atoms with Gasteiger partial charge in [-0.25, -0.2) is 17.5 Å². The summed E-state index contributed by atoms with van der Waals surface area (Å²) in [6.07, 6.45) is 0. The maximum atomic E-state index is 13.6. The number of hydrogen-bond acceptors (Lipinski definition) is 5. The summed E-state index contributed by atoms with van der Waals surface area (Å²) in [5.41, 5.74) is 2.30. The lowest BCUT2D eigenvalue weighted by molar-refractivity contribution is 0.0941. The van der Waals surface area contributed by atoms with E-state index in [1.165, 1.54) is 43.3 Å². The molecule has 184 valence electrons. The van der Waals surface area contributed by atoms with E-state index in [1.54, 1.807) is 30.3 Å². The first-order valence-corrected chi connectivity index (χ1v) is 12.4. The summed E-state index contributed by atoms with van der Waals surface area (Å²) < 4.78 is 41.2. The zero-order valence-electron chi connectivity index (χ0n) is 19.8. The van der Waals surface area contributed by atoms with Crippen LogP contribution in [0.5, 0.6) is 0 Å². The van der Waals surface area contributed by atoms with Gasteiger partial charge in [0.05, 0.1) is 10.9 Å². The van der Waals surface area contributed by atoms with Crippen molar-refractivity contribution in [2.45, 2.75) is 24.4 Å². The average molecular weight is 498 g/mol. The number of sulfonamides is 1. The molecule has 0 aliphatic heterocycles. The number of rotatable bonds is 10. The highest BCUT2D eigenvalue weighted by Gasteiger charge is 2.17. The van der Waals surface area contributed by atoms with E-state index in [2.05, 4.69) is 10.0 Å². The molecule has 0 spiro atoms. The summed E-state index contributed by atoms with van der Waals surface area (Å²) in [5, 5.41) is 2.87. The maximum absolute atomic E-state index is 13.6. The third kappa shape index (κ3) is 7.05. The second-order valence-corrected chi connectivity index (χ2v) is 10.1. The Kier molecular flexibility index (Phi) is 8.50. The van der Waals surface area contributed by atoms with Crippen LogP contribution in [0.1, 0.15) is 44.8 Å². The van der Waals surface area contributed by atoms with Crippen LogP contribution in [0.25, 0.3) is 0 Å². The lowest BCUT2D eigenvalue weighted by atomic mass is 10.1. The summed E-state index contributed by atoms with van der Waals surface area (Å²) in [6, 6.07) is 18.4. The van der Waals surface area contributed by atoms with Crippen LogP contribution in [-0.4, -0.2) is 45.6 Å². The molecule has 7 nitrogen and oxygen atoms in total. The van der Waals surface area contributed by atoms with E-state index in [1.807, 2.05) is 25.1 Å². The van der Waals surface area contributed by atoms with Gasteiger partial charge in [-0.15, -0.1) is 0 Å². The molecule has 1 unspecified atom stereocenters. The Bertz CT molecular complexity index is 1290. The standard InChI is InChI=1S/C26H28FN3O4S/c1-18(31)20-11-13-24(14-12-20)35(33,34)29-16-19-7-9-21(10-8-19)26(32)28-17-25(30(2)3)22-5-4-6-23(27)15-22/h4-15,25,29H,16-17H2,1-3H3,(H,28,32). The first kappa shape index (κ1) is 26.2. The molecule has 0 saturated carbocycles. The molecule has 0 radical (unpaired) electrons. The van der Waals surface area contributed by atoms with Crippen LogP contribution in [0.3, 0.4) is 0 Å². The molecule has 35 heavy (non-hydrogen) atoms. The molecule has 9 heteroatoms. The predicted molar refractivity (Wildman–Crippen MR) is 132 cm³/mol. The molecule has 1 atom stereocenters. The topological polar surface area (TPSA) is 95.6 Å². The Labute approximate surface area is 205 Å². The normalized spacial score (nSPS) is 12.4. The third-order valence-corrected chi connectivity index (χ3v) is 6.98. The predicted octanol–water partition coefficient (Wildman–Crippen LogP) is 3.54. The third-order valence-electron chi connectivity index (χ3n) is 5.57. The van der Waals surface area contributed by atoms with E-state index < -0.39 is 10.0 Å². The molecule has 1 amide bonds. The number of likely N-dealkylation sites (N-methyl/N-ethyl adjacent to an activating group) is 1. The van der Waals surface area contributed by atoms with Gasteiger partial charge in [0.1, 0.15) is 5.82 Å². The maximum Gasteiger partial charge on any atom is 0.251 e. The number of nitrogens with one attached hydrogen (secondary N) is 2. The van der Waals surface area contributed by atoms with Crippen molar-refractivity contribution in [3.8, 4) is 0 Å². The van der Waals surface area contributed by atoms with Gasteiger partial charge in [-0.1, -0.05) is 36.4 Å². The van der Waals surface area contributed by atoms with Crippen LogP contribution in [-0.2, 0) is 16.6 Å². The Morgan fingerprint density at radius 1 is 0.943 bits per heavy atom. The average Bonchev–Trinajstić information content (AvgIpc) is 2.83. The first-order valence-electron chi connectivity index (χ1n) is 11.0. The number of nitrogens with zero attached hydrogens (tertiary/aromatic N) is 1. The Hall–Kier alpha value is -3.40. The molecular formula is C26H28FN3O4S. The minimum Gasteiger partial charge on any atom is -0.350 e. The SMILES string of the molecule is CC(=O)c1ccc(S(=O)(=O)NCc2ccc(C(=O)NCC(c3cccc(F)c3)N(C)C)cc2)cc1. The largest absolute Gasteiger partial charge is 0.350 e. The molecule has 0 aliphatic carbocycles. The first-order chi connectivity index (χ1) is 16.6. The molecule has 0 aromatic heterocycles. The number of amides is 1. The molecule has 0 bridgehead atoms. The summed E-state index contributed by atoms with van der Waals surface area (Å²) in [5.74, 6) is -0.761. The van der Waals surface area contributed by atoms with Crippen LogP contribution in [0.2, 0.25) is 0 Å². The van der Waals surface area contributed by atoms with Gasteiger partial charge in [-0.05, 0) is 68.5 Å². The van der Waals surface area contributed by atoms with E-state index in [9.17, 15) is 22.4 Å². The lowest BCUT2D eigenvalue weighted by Crippen LogP contribution is -2.34. The van der Waals surface area contributed by atoms with Crippen molar-refractivity contribution in [2.24, 2.45) is 0 Å². The number of halogens is 1. The Morgan fingerprint density at radius 3 is 2.14 bits per heavy atom. The quantitative estimate of drug-likeness (QED) is 0.418. The van der Waals surface area contributed by atoms with Crippen LogP contribution < -0.4 is 10.0 Å². The highest BCUT2D eigenvalue weighted by atomic mass is 32.2. The van der Waals surface area contributed by atoms with Crippen molar-refractivity contribution >= 4 is 21.7 Å². The Balaban J connectivity index is 1.58. The number of benzene rings is 3. The fourth-order valence-corrected chi connectivity index (χ4v) is 4.53. The van der Waals surface area contributed by atoms with Gasteiger partial charge < -0.3 is 10.2 Å². The van der Waals surface area contributed by atoms with Gasteiger partial charge in [0.25, 0.3) is 5.91 Å². The molecule has 3 rings (SSSR count). The molecule has 0 saturated heterocycles. The van der Waals surface area contributed by atoms with Gasteiger partial charge in [-0.3, -0.25) is 9.59 Å². The van der Waals surface area contributed by atoms with Crippen LogP contribution in [0, 0.1) is 5.82 Å². The number of Topliss-reactive ketones (excluding diaryl/α,β-unsaturated/α-hetero) is 1. The smallest absolute Gasteiger partial charge is 0.251 e. The van der Waals surface area contributed by atoms with Crippen LogP contribution in [0.15, 0.2) is 77.7 Å². The van der Waals surface area contributed by atoms with E-state index in [0.717, 1.165) is 5.56 Å². The minimum absolute atomic E-state index is 0.0426. The summed E-state index contributed by atoms with van der Waals surface area (Å²) in [6.45, 7) is 1.75. The zero-order valence-corrected chi connectivity index (χ0v) is 20.6. The van der Waals surface area contributed by atoms with E-state index in [4.69, 9.17) is 0 Å². The second-order valence-electron chi connectivity index (χ2n) is 8.35. The molecule has 2 N–H and O–H groups in total. The molecule has 0 heterocycles. The fraction of sp³-hybridized carbons (Fsp3) is 0.231. The zero-order chi connectivity index (χ0) is 25.6. The summed E-state index contributed by atoms with van der Waals surface area (Å²) in [4.78, 5) is 25.9.